The number of hydrogen-bond donors (Lipinski definition) is 0. The Morgan fingerprint density at radius 3 is 2.70 bits per heavy atom. The molecule has 3 heteroatoms. The molecule has 0 bridgehead atoms. The summed E-state index contributed by atoms with van der Waals surface area (Å²) in [5.74, 6) is -0.457. The zero-order chi connectivity index (χ0) is 7.98. The molecule has 0 spiro atoms. The molecule has 0 aliphatic rings. The second-order valence-electron chi connectivity index (χ2n) is 1.66. The third-order valence-electron chi connectivity index (χ3n) is 0.724. The van der Waals surface area contributed by atoms with Crippen LogP contribution in [0, 0.1) is 0 Å². The molecule has 0 fully saturated rings. The van der Waals surface area contributed by atoms with Gasteiger partial charge in [-0.1, -0.05) is 13.2 Å². The quantitative estimate of drug-likeness (QED) is 0.195. The molecule has 0 N–H and O–H groups in total. The van der Waals surface area contributed by atoms with Crippen LogP contribution in [0.5, 0.6) is 0 Å². The maximum absolute atomic E-state index is 10.6. The van der Waals surface area contributed by atoms with Crippen molar-refractivity contribution in [1.82, 2.24) is 0 Å². The fraction of sp³-hybridized carbons (Fsp3) is 0.286. The van der Waals surface area contributed by atoms with E-state index in [1.54, 1.807) is 6.92 Å². The number of hydrogen-bond acceptors (Lipinski definition) is 3. The SMILES string of the molecule is C=COCOC(=O)C(=C)C. The molecule has 3 nitrogen and oxygen atoms in total. The van der Waals surface area contributed by atoms with E-state index in [0.717, 1.165) is 0 Å². The summed E-state index contributed by atoms with van der Waals surface area (Å²) in [5.41, 5.74) is 0.354. The van der Waals surface area contributed by atoms with Crippen LogP contribution in [-0.4, -0.2) is 12.8 Å². The summed E-state index contributed by atoms with van der Waals surface area (Å²) in [5, 5.41) is 0. The lowest BCUT2D eigenvalue weighted by atomic mass is 10.4. The van der Waals surface area contributed by atoms with Crippen molar-refractivity contribution in [2.24, 2.45) is 0 Å². The van der Waals surface area contributed by atoms with E-state index in [1.807, 2.05) is 0 Å². The van der Waals surface area contributed by atoms with Gasteiger partial charge in [-0.15, -0.1) is 0 Å². The van der Waals surface area contributed by atoms with Crippen LogP contribution in [0.4, 0.5) is 0 Å². The molecular formula is C7H10O3. The molecule has 0 rings (SSSR count). The highest BCUT2D eigenvalue weighted by atomic mass is 16.7. The maximum Gasteiger partial charge on any atom is 0.335 e. The van der Waals surface area contributed by atoms with Gasteiger partial charge in [0.1, 0.15) is 0 Å². The molecule has 0 aromatic carbocycles. The van der Waals surface area contributed by atoms with Crippen LogP contribution in [0.1, 0.15) is 6.92 Å². The van der Waals surface area contributed by atoms with Crippen LogP contribution >= 0.6 is 0 Å². The highest BCUT2D eigenvalue weighted by Gasteiger charge is 2.00. The van der Waals surface area contributed by atoms with Gasteiger partial charge in [0.05, 0.1) is 6.26 Å². The first-order valence-electron chi connectivity index (χ1n) is 2.73. The molecule has 0 amide bonds. The van der Waals surface area contributed by atoms with Crippen molar-refractivity contribution >= 4 is 5.97 Å². The average molecular weight is 142 g/mol. The maximum atomic E-state index is 10.6. The topological polar surface area (TPSA) is 35.5 Å². The van der Waals surface area contributed by atoms with Crippen LogP contribution in [0.15, 0.2) is 25.0 Å². The molecule has 0 unspecified atom stereocenters. The van der Waals surface area contributed by atoms with Gasteiger partial charge in [0, 0.05) is 5.57 Å². The van der Waals surface area contributed by atoms with Gasteiger partial charge >= 0.3 is 5.97 Å². The minimum Gasteiger partial charge on any atom is -0.466 e. The Bertz CT molecular complexity index is 149. The lowest BCUT2D eigenvalue weighted by Crippen LogP contribution is -2.06. The summed E-state index contributed by atoms with van der Waals surface area (Å²) < 4.78 is 9.05. The standard InChI is InChI=1S/C7H10O3/c1-4-9-5-10-7(8)6(2)3/h4H,1-2,5H2,3H3. The van der Waals surface area contributed by atoms with Crippen LogP contribution in [0.3, 0.4) is 0 Å². The molecule has 0 aromatic rings. The first-order valence-corrected chi connectivity index (χ1v) is 2.73. The van der Waals surface area contributed by atoms with Crippen molar-refractivity contribution in [3.05, 3.63) is 25.0 Å². The Hall–Kier alpha value is -1.25. The second-order valence-corrected chi connectivity index (χ2v) is 1.66. The van der Waals surface area contributed by atoms with E-state index in [9.17, 15) is 4.79 Å². The summed E-state index contributed by atoms with van der Waals surface area (Å²) in [6, 6.07) is 0. The van der Waals surface area contributed by atoms with Gasteiger partial charge < -0.3 is 9.47 Å². The van der Waals surface area contributed by atoms with Gasteiger partial charge in [0.15, 0.2) is 0 Å². The molecule has 56 valence electrons. The highest BCUT2D eigenvalue weighted by Crippen LogP contribution is 1.91. The number of rotatable bonds is 4. The Labute approximate surface area is 59.9 Å². The molecule has 0 saturated heterocycles. The van der Waals surface area contributed by atoms with Gasteiger partial charge in [-0.25, -0.2) is 4.79 Å². The highest BCUT2D eigenvalue weighted by molar-refractivity contribution is 5.86. The summed E-state index contributed by atoms with van der Waals surface area (Å²) in [6.45, 7) is 8.11. The smallest absolute Gasteiger partial charge is 0.335 e. The number of carbonyl (C=O) groups excluding carboxylic acids is 1. The third kappa shape index (κ3) is 3.72. The normalized spacial score (nSPS) is 8.10. The van der Waals surface area contributed by atoms with Crippen molar-refractivity contribution in [1.29, 1.82) is 0 Å². The molecule has 0 aromatic heterocycles. The monoisotopic (exact) mass is 142 g/mol. The third-order valence-corrected chi connectivity index (χ3v) is 0.724. The molecule has 0 atom stereocenters. The summed E-state index contributed by atoms with van der Waals surface area (Å²) in [7, 11) is 0. The summed E-state index contributed by atoms with van der Waals surface area (Å²) in [6.07, 6.45) is 1.20. The molecule has 10 heavy (non-hydrogen) atoms. The van der Waals surface area contributed by atoms with E-state index in [1.165, 1.54) is 6.26 Å². The fourth-order valence-corrected chi connectivity index (χ4v) is 0.259. The first-order chi connectivity index (χ1) is 4.68. The Balaban J connectivity index is 3.40. The van der Waals surface area contributed by atoms with Crippen molar-refractivity contribution in [3.8, 4) is 0 Å². The molecular weight excluding hydrogens is 132 g/mol. The van der Waals surface area contributed by atoms with E-state index in [4.69, 9.17) is 0 Å². The minimum absolute atomic E-state index is 0.102. The van der Waals surface area contributed by atoms with Crippen LogP contribution in [0.2, 0.25) is 0 Å². The van der Waals surface area contributed by atoms with Gasteiger partial charge in [0.25, 0.3) is 0 Å². The van der Waals surface area contributed by atoms with Crippen molar-refractivity contribution < 1.29 is 14.3 Å². The Kier molecular flexibility index (Phi) is 4.04. The van der Waals surface area contributed by atoms with Gasteiger partial charge in [-0.05, 0) is 6.92 Å². The summed E-state index contributed by atoms with van der Waals surface area (Å²) in [4.78, 5) is 10.6. The lowest BCUT2D eigenvalue weighted by molar-refractivity contribution is -0.147. The second kappa shape index (κ2) is 4.61. The van der Waals surface area contributed by atoms with E-state index >= 15 is 0 Å². The zero-order valence-corrected chi connectivity index (χ0v) is 5.92. The largest absolute Gasteiger partial charge is 0.466 e. The minimum atomic E-state index is -0.457. The predicted octanol–water partition coefficient (Wildman–Crippen LogP) is 1.22. The van der Waals surface area contributed by atoms with E-state index in [0.29, 0.717) is 5.57 Å². The van der Waals surface area contributed by atoms with Crippen molar-refractivity contribution in [2.45, 2.75) is 6.92 Å². The number of esters is 1. The van der Waals surface area contributed by atoms with Crippen LogP contribution in [0.25, 0.3) is 0 Å². The van der Waals surface area contributed by atoms with Gasteiger partial charge in [-0.2, -0.15) is 0 Å². The Morgan fingerprint density at radius 2 is 2.30 bits per heavy atom. The van der Waals surface area contributed by atoms with E-state index in [2.05, 4.69) is 22.6 Å². The van der Waals surface area contributed by atoms with E-state index in [-0.39, 0.29) is 6.79 Å². The van der Waals surface area contributed by atoms with Crippen molar-refractivity contribution in [2.75, 3.05) is 6.79 Å². The van der Waals surface area contributed by atoms with Crippen molar-refractivity contribution in [3.63, 3.8) is 0 Å². The molecule has 0 aliphatic heterocycles. The Morgan fingerprint density at radius 1 is 1.70 bits per heavy atom. The lowest BCUT2D eigenvalue weighted by Gasteiger charge is -2.01. The van der Waals surface area contributed by atoms with Gasteiger partial charge in [-0.3, -0.25) is 0 Å². The van der Waals surface area contributed by atoms with E-state index < -0.39 is 5.97 Å². The fourth-order valence-electron chi connectivity index (χ4n) is 0.259. The predicted molar refractivity (Wildman–Crippen MR) is 37.1 cm³/mol. The molecule has 0 radical (unpaired) electrons. The number of ether oxygens (including phenoxy) is 2. The molecule has 0 heterocycles. The van der Waals surface area contributed by atoms with Gasteiger partial charge in [0.2, 0.25) is 6.79 Å². The van der Waals surface area contributed by atoms with Crippen LogP contribution in [-0.2, 0) is 14.3 Å². The molecule has 0 aliphatic carbocycles. The summed E-state index contributed by atoms with van der Waals surface area (Å²) >= 11 is 0. The van der Waals surface area contributed by atoms with Crippen LogP contribution < -0.4 is 0 Å². The first kappa shape index (κ1) is 8.75. The zero-order valence-electron chi connectivity index (χ0n) is 5.92. The average Bonchev–Trinajstić information content (AvgIpc) is 1.88. The molecule has 0 saturated carbocycles. The number of carbonyl (C=O) groups is 1.